The molecule has 0 atom stereocenters. The first-order valence-corrected chi connectivity index (χ1v) is 17.8. The quantitative estimate of drug-likeness (QED) is 0.0963. The largest absolute Gasteiger partial charge is 0.512 e. The Labute approximate surface area is 298 Å². The number of allylic oxidation sites excluding steroid dienone is 2. The van der Waals surface area contributed by atoms with E-state index in [1.54, 1.807) is 0 Å². The summed E-state index contributed by atoms with van der Waals surface area (Å²) in [5.41, 5.74) is 7.90. The van der Waals surface area contributed by atoms with E-state index in [2.05, 4.69) is 87.5 Å². The number of pyridine rings is 1. The van der Waals surface area contributed by atoms with Gasteiger partial charge in [-0.15, -0.1) is 40.5 Å². The van der Waals surface area contributed by atoms with Crippen molar-refractivity contribution in [2.24, 2.45) is 11.8 Å². The summed E-state index contributed by atoms with van der Waals surface area (Å²) in [6.07, 6.45) is 9.10. The molecule has 1 aliphatic carbocycles. The van der Waals surface area contributed by atoms with Gasteiger partial charge in [-0.25, -0.2) is 0 Å². The zero-order chi connectivity index (χ0) is 33.0. The van der Waals surface area contributed by atoms with Crippen LogP contribution in [0, 0.1) is 17.9 Å². The SMILES string of the molecule is CC(C)(C)c1cc(-c2nccc3c4c(sc23)-c2ccccc2CC4)[c-]c2ccccc12.CCC(CC)C(=O)/C=C(\O)C(CC)CC.[Ir]. The number of hydrogen-bond acceptors (Lipinski definition) is 4. The fraction of sp³-hybridized carbons (Fsp3) is 0.381. The summed E-state index contributed by atoms with van der Waals surface area (Å²) in [6, 6.07) is 25.7. The van der Waals surface area contributed by atoms with Crippen molar-refractivity contribution >= 4 is 38.0 Å². The molecule has 2 aromatic heterocycles. The molecule has 0 unspecified atom stereocenters. The first-order valence-electron chi connectivity index (χ1n) is 17.0. The van der Waals surface area contributed by atoms with Gasteiger partial charge in [0, 0.05) is 59.5 Å². The average molecular weight is 823 g/mol. The van der Waals surface area contributed by atoms with Gasteiger partial charge < -0.3 is 5.11 Å². The maximum atomic E-state index is 11.7. The second-order valence-corrected chi connectivity index (χ2v) is 14.5. The van der Waals surface area contributed by atoms with Crippen LogP contribution in [0.15, 0.2) is 78.7 Å². The molecular formula is C42H48IrNO2S-. The van der Waals surface area contributed by atoms with E-state index in [-0.39, 0.29) is 48.9 Å². The number of thiophene rings is 1. The summed E-state index contributed by atoms with van der Waals surface area (Å²) in [7, 11) is 0. The van der Waals surface area contributed by atoms with Gasteiger partial charge in [-0.1, -0.05) is 102 Å². The van der Waals surface area contributed by atoms with Crippen LogP contribution in [0.5, 0.6) is 0 Å². The Balaban J connectivity index is 0.000000269. The number of carbonyl (C=O) groups excluding carboxylic acids is 1. The summed E-state index contributed by atoms with van der Waals surface area (Å²) in [5, 5.41) is 13.6. The monoisotopic (exact) mass is 823 g/mol. The van der Waals surface area contributed by atoms with Crippen LogP contribution in [0.1, 0.15) is 90.8 Å². The molecule has 0 saturated carbocycles. The Morgan fingerprint density at radius 1 is 0.915 bits per heavy atom. The van der Waals surface area contributed by atoms with Gasteiger partial charge in [0.15, 0.2) is 5.78 Å². The third-order valence-corrected chi connectivity index (χ3v) is 10.8. The number of aliphatic hydroxyl groups excluding tert-OH is 1. The molecule has 0 fully saturated rings. The van der Waals surface area contributed by atoms with Crippen LogP contribution in [-0.4, -0.2) is 15.9 Å². The number of benzene rings is 3. The Morgan fingerprint density at radius 3 is 2.26 bits per heavy atom. The minimum absolute atomic E-state index is 0. The van der Waals surface area contributed by atoms with Crippen LogP contribution in [0.2, 0.25) is 0 Å². The maximum absolute atomic E-state index is 11.7. The van der Waals surface area contributed by atoms with Gasteiger partial charge in [-0.3, -0.25) is 9.78 Å². The van der Waals surface area contributed by atoms with Crippen molar-refractivity contribution in [1.82, 2.24) is 4.98 Å². The maximum Gasteiger partial charge on any atom is 0.162 e. The van der Waals surface area contributed by atoms with Crippen molar-refractivity contribution in [3.63, 3.8) is 0 Å². The molecule has 249 valence electrons. The van der Waals surface area contributed by atoms with Gasteiger partial charge in [0.25, 0.3) is 0 Å². The summed E-state index contributed by atoms with van der Waals surface area (Å²) < 4.78 is 1.29. The smallest absolute Gasteiger partial charge is 0.162 e. The first kappa shape index (κ1) is 36.7. The minimum atomic E-state index is 0. The minimum Gasteiger partial charge on any atom is -0.512 e. The number of fused-ring (bicyclic) bond motifs is 6. The van der Waals surface area contributed by atoms with Crippen molar-refractivity contribution in [3.8, 4) is 21.7 Å². The van der Waals surface area contributed by atoms with Crippen LogP contribution < -0.4 is 0 Å². The molecule has 5 heteroatoms. The van der Waals surface area contributed by atoms with E-state index in [0.717, 1.165) is 55.2 Å². The third-order valence-electron chi connectivity index (χ3n) is 9.53. The van der Waals surface area contributed by atoms with Crippen molar-refractivity contribution < 1.29 is 30.0 Å². The van der Waals surface area contributed by atoms with E-state index in [0.29, 0.717) is 0 Å². The van der Waals surface area contributed by atoms with Crippen molar-refractivity contribution in [3.05, 3.63) is 101 Å². The molecule has 0 amide bonds. The number of nitrogens with zero attached hydrogens (tertiary/aromatic N) is 1. The van der Waals surface area contributed by atoms with Crippen molar-refractivity contribution in [1.29, 1.82) is 0 Å². The van der Waals surface area contributed by atoms with Gasteiger partial charge >= 0.3 is 0 Å². The van der Waals surface area contributed by atoms with Crippen LogP contribution in [-0.2, 0) is 43.2 Å². The van der Waals surface area contributed by atoms with E-state index in [9.17, 15) is 9.90 Å². The third kappa shape index (κ3) is 7.80. The van der Waals surface area contributed by atoms with Crippen LogP contribution in [0.4, 0.5) is 0 Å². The van der Waals surface area contributed by atoms with E-state index >= 15 is 0 Å². The average Bonchev–Trinajstić information content (AvgIpc) is 3.45. The van der Waals surface area contributed by atoms with Gasteiger partial charge in [0.05, 0.1) is 5.76 Å². The Kier molecular flexibility index (Phi) is 12.4. The molecule has 3 aromatic carbocycles. The fourth-order valence-corrected chi connectivity index (χ4v) is 8.12. The molecule has 47 heavy (non-hydrogen) atoms. The zero-order valence-electron chi connectivity index (χ0n) is 28.9. The Morgan fingerprint density at radius 2 is 1.57 bits per heavy atom. The van der Waals surface area contributed by atoms with Crippen molar-refractivity contribution in [2.75, 3.05) is 0 Å². The summed E-state index contributed by atoms with van der Waals surface area (Å²) in [5.74, 6) is 0.547. The van der Waals surface area contributed by atoms with Gasteiger partial charge in [-0.2, -0.15) is 0 Å². The second-order valence-electron chi connectivity index (χ2n) is 13.5. The molecule has 3 nitrogen and oxygen atoms in total. The number of aryl methyl sites for hydroxylation is 2. The standard InChI is InChI=1S/C29H24NS.C13H24O2.Ir/c1-29(2,3)25-17-20(16-19-9-5-6-10-21(19)25)26-28-24(14-15-30-26)23-13-12-18-8-4-7-11-22(18)27(23)31-28;1-5-10(6-2)12(14)9-13(15)11(7-3)8-4;/h4-11,14-15,17H,12-13H2,1-3H3;9-11,14H,5-8H2,1-4H3;/q-1;;/b;12-9-;. The Bertz CT molecular complexity index is 1870. The predicted octanol–water partition coefficient (Wildman–Crippen LogP) is 11.8. The molecule has 0 spiro atoms. The number of aliphatic hydroxyl groups is 1. The summed E-state index contributed by atoms with van der Waals surface area (Å²) in [6.45, 7) is 14.9. The van der Waals surface area contributed by atoms with Crippen molar-refractivity contribution in [2.45, 2.75) is 92.4 Å². The number of aromatic nitrogens is 1. The summed E-state index contributed by atoms with van der Waals surface area (Å²) >= 11 is 1.90. The molecule has 0 bridgehead atoms. The molecule has 0 aliphatic heterocycles. The predicted molar refractivity (Wildman–Crippen MR) is 197 cm³/mol. The van der Waals surface area contributed by atoms with Gasteiger partial charge in [-0.05, 0) is 72.1 Å². The topological polar surface area (TPSA) is 50.2 Å². The Hall–Kier alpha value is -3.11. The van der Waals surface area contributed by atoms with Gasteiger partial charge in [0.1, 0.15) is 0 Å². The zero-order valence-corrected chi connectivity index (χ0v) is 32.1. The number of hydrogen-bond donors (Lipinski definition) is 1. The molecule has 1 N–H and O–H groups in total. The van der Waals surface area contributed by atoms with Crippen LogP contribution in [0.25, 0.3) is 42.6 Å². The molecule has 5 aromatic rings. The van der Waals surface area contributed by atoms with E-state index < -0.39 is 0 Å². The van der Waals surface area contributed by atoms with Gasteiger partial charge in [0.2, 0.25) is 0 Å². The second kappa shape index (κ2) is 15.9. The van der Waals surface area contributed by atoms with Crippen LogP contribution >= 0.6 is 11.3 Å². The number of rotatable bonds is 8. The van der Waals surface area contributed by atoms with E-state index in [4.69, 9.17) is 4.98 Å². The molecule has 2 heterocycles. The van der Waals surface area contributed by atoms with E-state index in [1.165, 1.54) is 48.7 Å². The molecule has 1 radical (unpaired) electrons. The number of ketones is 1. The molecular weight excluding hydrogens is 775 g/mol. The summed E-state index contributed by atoms with van der Waals surface area (Å²) in [4.78, 5) is 18.0. The van der Waals surface area contributed by atoms with Crippen LogP contribution in [0.3, 0.4) is 0 Å². The normalized spacial score (nSPS) is 12.8. The number of carbonyl (C=O) groups is 1. The molecule has 0 saturated heterocycles. The first-order chi connectivity index (χ1) is 22.1. The molecule has 1 aliphatic rings. The fourth-order valence-electron chi connectivity index (χ4n) is 6.71. The van der Waals surface area contributed by atoms with E-state index in [1.807, 2.05) is 45.2 Å². The molecule has 6 rings (SSSR count).